The Bertz CT molecular complexity index is 540. The van der Waals surface area contributed by atoms with Crippen LogP contribution < -0.4 is 0 Å². The third-order valence-corrected chi connectivity index (χ3v) is 8.86. The van der Waals surface area contributed by atoms with E-state index in [1.807, 2.05) is 0 Å². The first kappa shape index (κ1) is 41.4. The lowest BCUT2D eigenvalue weighted by atomic mass is 9.99. The maximum Gasteiger partial charge on any atom is 0.308 e. The highest BCUT2D eigenvalue weighted by molar-refractivity contribution is 5.69. The second kappa shape index (κ2) is 33.2. The van der Waals surface area contributed by atoms with Gasteiger partial charge in [0.05, 0.1) is 31.8 Å². The molecule has 0 bridgehead atoms. The maximum atomic E-state index is 11.2. The number of hydrogen-bond donors (Lipinski definition) is 3. The summed E-state index contributed by atoms with van der Waals surface area (Å²) in [5, 5.41) is 29.9. The lowest BCUT2D eigenvalue weighted by molar-refractivity contribution is -0.143. The van der Waals surface area contributed by atoms with Crippen molar-refractivity contribution < 1.29 is 24.9 Å². The smallest absolute Gasteiger partial charge is 0.308 e. The van der Waals surface area contributed by atoms with Crippen LogP contribution >= 0.6 is 0 Å². The van der Waals surface area contributed by atoms with Crippen LogP contribution in [0.4, 0.5) is 0 Å². The lowest BCUT2D eigenvalue weighted by Crippen LogP contribution is -2.25. The van der Waals surface area contributed by atoms with Crippen LogP contribution in [0.2, 0.25) is 0 Å². The first-order valence-electron chi connectivity index (χ1n) is 18.6. The molecule has 0 amide bonds. The summed E-state index contributed by atoms with van der Waals surface area (Å²) in [7, 11) is 1.28. The molecule has 5 heteroatoms. The number of unbranched alkanes of at least 4 members (excludes halogenated alkanes) is 26. The van der Waals surface area contributed by atoms with Crippen LogP contribution in [-0.2, 0) is 9.53 Å². The average Bonchev–Trinajstić information content (AvgIpc) is 2.96. The van der Waals surface area contributed by atoms with Gasteiger partial charge in [0.25, 0.3) is 0 Å². The number of ether oxygens (including phenoxy) is 1. The van der Waals surface area contributed by atoms with E-state index in [4.69, 9.17) is 0 Å². The first-order valence-corrected chi connectivity index (χ1v) is 18.6. The molecule has 0 saturated carbocycles. The Balaban J connectivity index is 3.23. The van der Waals surface area contributed by atoms with Crippen LogP contribution in [-0.4, -0.2) is 46.7 Å². The van der Waals surface area contributed by atoms with Gasteiger partial charge in [-0.1, -0.05) is 180 Å². The minimum Gasteiger partial charge on any atom is -0.469 e. The molecule has 0 aliphatic carbocycles. The molecule has 0 heterocycles. The average molecular weight is 599 g/mol. The molecule has 0 aromatic rings. The highest BCUT2D eigenvalue weighted by Gasteiger charge is 2.18. The maximum absolute atomic E-state index is 11.2. The number of hydrogen-bond acceptors (Lipinski definition) is 5. The molecule has 0 aromatic heterocycles. The number of carbonyl (C=O) groups is 1. The van der Waals surface area contributed by atoms with Crippen molar-refractivity contribution in [3.8, 4) is 0 Å². The lowest BCUT2D eigenvalue weighted by Gasteiger charge is -2.18. The van der Waals surface area contributed by atoms with E-state index < -0.39 is 24.3 Å². The van der Waals surface area contributed by atoms with E-state index in [2.05, 4.69) is 11.7 Å². The number of rotatable bonds is 34. The van der Waals surface area contributed by atoms with Gasteiger partial charge in [0.1, 0.15) is 0 Å². The zero-order chi connectivity index (χ0) is 30.9. The van der Waals surface area contributed by atoms with Gasteiger partial charge in [0.2, 0.25) is 0 Å². The minimum atomic E-state index is -0.927. The first-order chi connectivity index (χ1) is 20.5. The van der Waals surface area contributed by atoms with Crippen molar-refractivity contribution in [3.05, 3.63) is 0 Å². The van der Waals surface area contributed by atoms with Gasteiger partial charge in [-0.3, -0.25) is 4.79 Å². The summed E-state index contributed by atoms with van der Waals surface area (Å²) in [6.07, 6.45) is 36.0. The molecular weight excluding hydrogens is 524 g/mol. The third-order valence-electron chi connectivity index (χ3n) is 8.86. The summed E-state index contributed by atoms with van der Waals surface area (Å²) in [5.74, 6) is -0.490. The summed E-state index contributed by atoms with van der Waals surface area (Å²) in [6.45, 7) is 2.29. The zero-order valence-electron chi connectivity index (χ0n) is 28.3. The van der Waals surface area contributed by atoms with Gasteiger partial charge in [-0.25, -0.2) is 0 Å². The molecule has 0 rings (SSSR count). The predicted octanol–water partition coefficient (Wildman–Crippen LogP) is 10.4. The van der Waals surface area contributed by atoms with Gasteiger partial charge in [-0.05, 0) is 19.3 Å². The molecule has 5 nitrogen and oxygen atoms in total. The fourth-order valence-corrected chi connectivity index (χ4v) is 6.07. The zero-order valence-corrected chi connectivity index (χ0v) is 28.3. The van der Waals surface area contributed by atoms with Crippen molar-refractivity contribution in [3.63, 3.8) is 0 Å². The quantitative estimate of drug-likeness (QED) is 0.0506. The molecular formula is C37H74O5. The number of methoxy groups -OCH3 is 1. The van der Waals surface area contributed by atoms with E-state index in [0.29, 0.717) is 6.42 Å². The summed E-state index contributed by atoms with van der Waals surface area (Å²) in [5.41, 5.74) is 0. The topological polar surface area (TPSA) is 87.0 Å². The van der Waals surface area contributed by atoms with Crippen molar-refractivity contribution in [2.45, 2.75) is 224 Å². The fraction of sp³-hybridized carbons (Fsp3) is 0.973. The third kappa shape index (κ3) is 32.3. The molecule has 3 atom stereocenters. The van der Waals surface area contributed by atoms with E-state index in [0.717, 1.165) is 12.8 Å². The number of esters is 1. The van der Waals surface area contributed by atoms with Crippen molar-refractivity contribution in [2.24, 2.45) is 0 Å². The number of aliphatic hydroxyl groups is 3. The Morgan fingerprint density at radius 1 is 0.452 bits per heavy atom. The van der Waals surface area contributed by atoms with Crippen molar-refractivity contribution in [1.82, 2.24) is 0 Å². The van der Waals surface area contributed by atoms with Crippen molar-refractivity contribution in [2.75, 3.05) is 7.11 Å². The van der Waals surface area contributed by atoms with E-state index in [1.165, 1.54) is 168 Å². The summed E-state index contributed by atoms with van der Waals surface area (Å²) < 4.78 is 4.52. The predicted molar refractivity (Wildman–Crippen MR) is 179 cm³/mol. The van der Waals surface area contributed by atoms with Crippen LogP contribution in [0.25, 0.3) is 0 Å². The van der Waals surface area contributed by atoms with Crippen LogP contribution in [0.5, 0.6) is 0 Å². The van der Waals surface area contributed by atoms with Gasteiger partial charge in [-0.2, -0.15) is 0 Å². The standard InChI is InChI=1S/C37H74O5/c1-3-4-5-6-7-8-9-10-11-12-13-14-15-16-17-18-19-20-21-22-23-24-25-26-27-28-29-30-34(38)31-35(39)32-36(40)33-37(41)42-2/h34-36,38-40H,3-33H2,1-2H3. The van der Waals surface area contributed by atoms with Gasteiger partial charge >= 0.3 is 5.97 Å². The van der Waals surface area contributed by atoms with Crippen molar-refractivity contribution in [1.29, 1.82) is 0 Å². The molecule has 0 spiro atoms. The van der Waals surface area contributed by atoms with Gasteiger partial charge < -0.3 is 20.1 Å². The minimum absolute atomic E-state index is 0.0890. The van der Waals surface area contributed by atoms with Crippen LogP contribution in [0.1, 0.15) is 206 Å². The van der Waals surface area contributed by atoms with Crippen LogP contribution in [0, 0.1) is 0 Å². The van der Waals surface area contributed by atoms with Crippen LogP contribution in [0.15, 0.2) is 0 Å². The van der Waals surface area contributed by atoms with Gasteiger partial charge in [0, 0.05) is 0 Å². The normalized spacial score (nSPS) is 13.7. The highest BCUT2D eigenvalue weighted by atomic mass is 16.5. The molecule has 252 valence electrons. The monoisotopic (exact) mass is 599 g/mol. The molecule has 0 aliphatic heterocycles. The van der Waals surface area contributed by atoms with E-state index in [-0.39, 0.29) is 19.3 Å². The fourth-order valence-electron chi connectivity index (χ4n) is 6.07. The molecule has 0 aromatic carbocycles. The second-order valence-corrected chi connectivity index (χ2v) is 13.2. The number of carbonyl (C=O) groups excluding carboxylic acids is 1. The molecule has 0 aliphatic rings. The Labute approximate surface area is 262 Å². The van der Waals surface area contributed by atoms with E-state index in [9.17, 15) is 20.1 Å². The molecule has 42 heavy (non-hydrogen) atoms. The highest BCUT2D eigenvalue weighted by Crippen LogP contribution is 2.17. The molecule has 0 saturated heterocycles. The Kier molecular flexibility index (Phi) is 32.7. The summed E-state index contributed by atoms with van der Waals surface area (Å²) in [6, 6.07) is 0. The van der Waals surface area contributed by atoms with E-state index >= 15 is 0 Å². The molecule has 0 radical (unpaired) electrons. The van der Waals surface area contributed by atoms with Crippen LogP contribution in [0.3, 0.4) is 0 Å². The molecule has 0 fully saturated rings. The van der Waals surface area contributed by atoms with Crippen molar-refractivity contribution >= 4 is 5.97 Å². The van der Waals surface area contributed by atoms with E-state index in [1.54, 1.807) is 0 Å². The Hall–Kier alpha value is -0.650. The largest absolute Gasteiger partial charge is 0.469 e. The number of aliphatic hydroxyl groups excluding tert-OH is 3. The SMILES string of the molecule is CCCCCCCCCCCCCCCCCCCCCCCCCCCCCC(O)CC(O)CC(O)CC(=O)OC. The second-order valence-electron chi connectivity index (χ2n) is 13.2. The Morgan fingerprint density at radius 2 is 0.738 bits per heavy atom. The van der Waals surface area contributed by atoms with Gasteiger partial charge in [-0.15, -0.1) is 0 Å². The molecule has 3 unspecified atom stereocenters. The molecule has 3 N–H and O–H groups in total. The van der Waals surface area contributed by atoms with Gasteiger partial charge in [0.15, 0.2) is 0 Å². The Morgan fingerprint density at radius 3 is 1.05 bits per heavy atom. The summed E-state index contributed by atoms with van der Waals surface area (Å²) >= 11 is 0. The summed E-state index contributed by atoms with van der Waals surface area (Å²) in [4.78, 5) is 11.2.